The van der Waals surface area contributed by atoms with Crippen molar-refractivity contribution >= 4 is 62.1 Å². The molecule has 34 heavy (non-hydrogen) atoms. The van der Waals surface area contributed by atoms with Gasteiger partial charge in [0.05, 0.1) is 26.7 Å². The number of rotatable bonds is 7. The maximum atomic E-state index is 13.1. The van der Waals surface area contributed by atoms with Crippen LogP contribution in [0.1, 0.15) is 18.1 Å². The lowest BCUT2D eigenvalue weighted by atomic mass is 10.2. The zero-order chi connectivity index (χ0) is 24.1. The summed E-state index contributed by atoms with van der Waals surface area (Å²) >= 11 is 11.2. The Hall–Kier alpha value is -2.81. The Morgan fingerprint density at radius 2 is 1.85 bits per heavy atom. The third kappa shape index (κ3) is 6.20. The molecule has 3 aromatic rings. The van der Waals surface area contributed by atoms with Crippen LogP contribution >= 0.6 is 39.3 Å². The summed E-state index contributed by atoms with van der Waals surface area (Å²) in [5.41, 5.74) is 2.25. The summed E-state index contributed by atoms with van der Waals surface area (Å²) < 4.78 is 25.0. The van der Waals surface area contributed by atoms with Gasteiger partial charge < -0.3 is 14.8 Å². The van der Waals surface area contributed by atoms with Crippen LogP contribution in [0.2, 0.25) is 5.02 Å². The molecule has 0 atom stereocenters. The van der Waals surface area contributed by atoms with Gasteiger partial charge in [-0.15, -0.1) is 0 Å². The number of halogens is 3. The van der Waals surface area contributed by atoms with Crippen LogP contribution in [0.15, 0.2) is 75.0 Å². The molecule has 1 fully saturated rings. The second-order valence-electron chi connectivity index (χ2n) is 7.14. The lowest BCUT2D eigenvalue weighted by Gasteiger charge is -2.11. The number of hydrogen-bond donors (Lipinski definition) is 1. The van der Waals surface area contributed by atoms with Crippen LogP contribution < -0.4 is 14.8 Å². The minimum absolute atomic E-state index is 0.237. The summed E-state index contributed by atoms with van der Waals surface area (Å²) in [6, 6.07) is 16.9. The number of amidine groups is 1. The molecule has 1 heterocycles. The van der Waals surface area contributed by atoms with Crippen molar-refractivity contribution < 1.29 is 18.7 Å². The normalized spacial score (nSPS) is 15.6. The first-order valence-corrected chi connectivity index (χ1v) is 12.3. The molecule has 0 spiro atoms. The van der Waals surface area contributed by atoms with E-state index in [0.717, 1.165) is 16.9 Å². The van der Waals surface area contributed by atoms with Crippen molar-refractivity contribution in [3.05, 3.63) is 92.0 Å². The second-order valence-corrected chi connectivity index (χ2v) is 9.43. The van der Waals surface area contributed by atoms with Gasteiger partial charge in [0.2, 0.25) is 0 Å². The molecule has 0 aliphatic carbocycles. The molecule has 1 saturated heterocycles. The second kappa shape index (κ2) is 11.1. The third-order valence-electron chi connectivity index (χ3n) is 4.64. The van der Waals surface area contributed by atoms with Crippen molar-refractivity contribution in [2.45, 2.75) is 13.5 Å². The molecule has 5 nitrogen and oxygen atoms in total. The summed E-state index contributed by atoms with van der Waals surface area (Å²) in [5.74, 6) is 0.692. The number of nitrogens with one attached hydrogen (secondary N) is 1. The minimum atomic E-state index is -0.304. The Morgan fingerprint density at radius 3 is 2.53 bits per heavy atom. The fourth-order valence-corrected chi connectivity index (χ4v) is 4.90. The van der Waals surface area contributed by atoms with Gasteiger partial charge >= 0.3 is 0 Å². The molecule has 4 rings (SSSR count). The zero-order valence-electron chi connectivity index (χ0n) is 18.0. The number of nitrogens with zero attached hydrogens (tertiary/aromatic N) is 1. The molecule has 0 aromatic heterocycles. The molecule has 174 valence electrons. The molecule has 0 saturated carbocycles. The van der Waals surface area contributed by atoms with E-state index >= 15 is 0 Å². The molecule has 1 aliphatic heterocycles. The molecule has 3 aromatic carbocycles. The number of carbonyl (C=O) groups excluding carboxylic acids is 1. The summed E-state index contributed by atoms with van der Waals surface area (Å²) in [6.07, 6.45) is 1.74. The van der Waals surface area contributed by atoms with Crippen LogP contribution in [-0.2, 0) is 11.4 Å². The summed E-state index contributed by atoms with van der Waals surface area (Å²) in [5, 5.41) is 3.65. The van der Waals surface area contributed by atoms with Crippen LogP contribution in [0.25, 0.3) is 6.08 Å². The topological polar surface area (TPSA) is 59.9 Å². The molecule has 0 unspecified atom stereocenters. The van der Waals surface area contributed by atoms with Gasteiger partial charge in [-0.05, 0) is 100 Å². The maximum Gasteiger partial charge on any atom is 0.264 e. The van der Waals surface area contributed by atoms with Crippen molar-refractivity contribution in [1.29, 1.82) is 0 Å². The predicted molar refractivity (Wildman–Crippen MR) is 138 cm³/mol. The highest BCUT2D eigenvalue weighted by Gasteiger charge is 2.24. The van der Waals surface area contributed by atoms with Crippen molar-refractivity contribution in [2.24, 2.45) is 4.99 Å². The first kappa shape index (κ1) is 24.3. The number of amides is 1. The first-order chi connectivity index (χ1) is 16.4. The van der Waals surface area contributed by atoms with Gasteiger partial charge in [-0.2, -0.15) is 0 Å². The van der Waals surface area contributed by atoms with Crippen LogP contribution in [0.3, 0.4) is 0 Å². The standard InChI is InChI=1S/C25H19BrClFN2O3S/c1-2-32-19-9-7-18(8-10-19)29-25-30-24(31)22(34-25)13-16-11-20(26)23(21(27)12-16)33-14-15-3-5-17(28)6-4-15/h3-13H,2,14H2,1H3,(H,29,30,31)/b22-13+. The SMILES string of the molecule is CCOc1ccc(N=C2NC(=O)/C(=C\c3cc(Cl)c(OCc4ccc(F)cc4)c(Br)c3)S2)cc1. The lowest BCUT2D eigenvalue weighted by molar-refractivity contribution is -0.115. The third-order valence-corrected chi connectivity index (χ3v) is 6.42. The molecule has 1 amide bonds. The van der Waals surface area contributed by atoms with E-state index in [4.69, 9.17) is 21.1 Å². The van der Waals surface area contributed by atoms with E-state index in [9.17, 15) is 9.18 Å². The van der Waals surface area contributed by atoms with E-state index in [2.05, 4.69) is 26.2 Å². The van der Waals surface area contributed by atoms with Gasteiger partial charge in [-0.3, -0.25) is 4.79 Å². The van der Waals surface area contributed by atoms with Gasteiger partial charge in [0.15, 0.2) is 10.9 Å². The number of carbonyl (C=O) groups is 1. The Balaban J connectivity index is 1.46. The van der Waals surface area contributed by atoms with E-state index in [1.54, 1.807) is 24.3 Å². The molecule has 9 heteroatoms. The molecule has 1 aliphatic rings. The quantitative estimate of drug-likeness (QED) is 0.312. The van der Waals surface area contributed by atoms with E-state index in [0.29, 0.717) is 37.6 Å². The number of benzene rings is 3. The van der Waals surface area contributed by atoms with E-state index in [-0.39, 0.29) is 18.3 Å². The average Bonchev–Trinajstić information content (AvgIpc) is 3.14. The summed E-state index contributed by atoms with van der Waals surface area (Å²) in [6.45, 7) is 2.76. The fraction of sp³-hybridized carbons (Fsp3) is 0.120. The highest BCUT2D eigenvalue weighted by molar-refractivity contribution is 9.10. The number of thioether (sulfide) groups is 1. The largest absolute Gasteiger partial charge is 0.494 e. The molecule has 0 radical (unpaired) electrons. The number of hydrogen-bond acceptors (Lipinski definition) is 5. The van der Waals surface area contributed by atoms with Crippen LogP contribution in [0.4, 0.5) is 10.1 Å². The molecular weight excluding hydrogens is 543 g/mol. The molecule has 0 bridgehead atoms. The zero-order valence-corrected chi connectivity index (χ0v) is 21.1. The van der Waals surface area contributed by atoms with Gasteiger partial charge in [0, 0.05) is 0 Å². The first-order valence-electron chi connectivity index (χ1n) is 10.3. The van der Waals surface area contributed by atoms with Crippen molar-refractivity contribution in [1.82, 2.24) is 5.32 Å². The van der Waals surface area contributed by atoms with Gasteiger partial charge in [0.25, 0.3) is 5.91 Å². The predicted octanol–water partition coefficient (Wildman–Crippen LogP) is 7.11. The highest BCUT2D eigenvalue weighted by Crippen LogP contribution is 2.37. The smallest absolute Gasteiger partial charge is 0.264 e. The van der Waals surface area contributed by atoms with Crippen molar-refractivity contribution in [2.75, 3.05) is 6.61 Å². The Bertz CT molecular complexity index is 1240. The van der Waals surface area contributed by atoms with E-state index < -0.39 is 0 Å². The summed E-state index contributed by atoms with van der Waals surface area (Å²) in [7, 11) is 0. The van der Waals surface area contributed by atoms with Crippen LogP contribution in [-0.4, -0.2) is 17.7 Å². The van der Waals surface area contributed by atoms with E-state index in [1.165, 1.54) is 23.9 Å². The highest BCUT2D eigenvalue weighted by atomic mass is 79.9. The number of aliphatic imine (C=N–C) groups is 1. The average molecular weight is 562 g/mol. The van der Waals surface area contributed by atoms with Crippen LogP contribution in [0.5, 0.6) is 11.5 Å². The van der Waals surface area contributed by atoms with Crippen LogP contribution in [0, 0.1) is 5.82 Å². The Kier molecular flexibility index (Phi) is 7.92. The van der Waals surface area contributed by atoms with Gasteiger partial charge in [0.1, 0.15) is 18.2 Å². The van der Waals surface area contributed by atoms with Gasteiger partial charge in [-0.25, -0.2) is 9.38 Å². The Labute approximate surface area is 214 Å². The fourth-order valence-electron chi connectivity index (χ4n) is 3.07. The lowest BCUT2D eigenvalue weighted by Crippen LogP contribution is -2.19. The minimum Gasteiger partial charge on any atom is -0.494 e. The van der Waals surface area contributed by atoms with Gasteiger partial charge in [-0.1, -0.05) is 23.7 Å². The van der Waals surface area contributed by atoms with Crippen molar-refractivity contribution in [3.8, 4) is 11.5 Å². The van der Waals surface area contributed by atoms with E-state index in [1.807, 2.05) is 37.3 Å². The number of ether oxygens (including phenoxy) is 2. The monoisotopic (exact) mass is 560 g/mol. The molecule has 1 N–H and O–H groups in total. The maximum absolute atomic E-state index is 13.1. The summed E-state index contributed by atoms with van der Waals surface area (Å²) in [4.78, 5) is 17.4. The van der Waals surface area contributed by atoms with Crippen molar-refractivity contribution in [3.63, 3.8) is 0 Å². The molecular formula is C25H19BrClFN2O3S. The Morgan fingerprint density at radius 1 is 1.12 bits per heavy atom.